The van der Waals surface area contributed by atoms with Gasteiger partial charge in [-0.25, -0.2) is 0 Å². The molecule has 116 valence electrons. The highest BCUT2D eigenvalue weighted by molar-refractivity contribution is 7.14. The summed E-state index contributed by atoms with van der Waals surface area (Å²) in [6, 6.07) is 8.92. The molecule has 1 aromatic heterocycles. The van der Waals surface area contributed by atoms with Gasteiger partial charge in [-0.2, -0.15) is 0 Å². The number of nitrogens with zero attached hydrogens (tertiary/aromatic N) is 3. The lowest BCUT2D eigenvalue weighted by Crippen LogP contribution is -2.46. The van der Waals surface area contributed by atoms with Crippen molar-refractivity contribution >= 4 is 27.7 Å². The molecule has 0 atom stereocenters. The third-order valence-corrected chi connectivity index (χ3v) is 4.79. The fourth-order valence-corrected chi connectivity index (χ4v) is 3.48. The largest absolute Gasteiger partial charge is 0.392 e. The highest BCUT2D eigenvalue weighted by atomic mass is 32.1. The Balaban J connectivity index is 1.79. The minimum atomic E-state index is -0.359. The number of benzene rings is 1. The van der Waals surface area contributed by atoms with Crippen LogP contribution in [0.15, 0.2) is 35.7 Å². The van der Waals surface area contributed by atoms with E-state index in [1.807, 2.05) is 11.0 Å². The maximum atomic E-state index is 11.2. The molecule has 0 aliphatic carbocycles. The molecule has 0 saturated carbocycles. The average molecular weight is 319 g/mol. The third kappa shape index (κ3) is 2.90. The molecular weight excluding hydrogens is 302 g/mol. The monoisotopic (exact) mass is 319 g/mol. The van der Waals surface area contributed by atoms with Crippen LogP contribution in [0.3, 0.4) is 0 Å². The van der Waals surface area contributed by atoms with Crippen molar-refractivity contribution in [3.05, 3.63) is 51.4 Å². The van der Waals surface area contributed by atoms with E-state index in [-0.39, 0.29) is 17.2 Å². The van der Waals surface area contributed by atoms with Gasteiger partial charge < -0.3 is 14.9 Å². The van der Waals surface area contributed by atoms with Crippen LogP contribution in [0.4, 0.5) is 16.4 Å². The zero-order chi connectivity index (χ0) is 15.5. The van der Waals surface area contributed by atoms with E-state index in [2.05, 4.69) is 16.3 Å². The molecule has 1 fully saturated rings. The molecule has 2 heterocycles. The molecule has 22 heavy (non-hydrogen) atoms. The molecule has 0 spiro atoms. The average Bonchev–Trinajstić information content (AvgIpc) is 3.09. The van der Waals surface area contributed by atoms with Crippen LogP contribution < -0.4 is 9.80 Å². The van der Waals surface area contributed by atoms with Gasteiger partial charge in [0.1, 0.15) is 5.69 Å². The summed E-state index contributed by atoms with van der Waals surface area (Å²) in [6.45, 7) is 3.02. The van der Waals surface area contributed by atoms with Gasteiger partial charge >= 0.3 is 0 Å². The van der Waals surface area contributed by atoms with E-state index >= 15 is 0 Å². The Morgan fingerprint density at radius 2 is 1.91 bits per heavy atom. The van der Waals surface area contributed by atoms with E-state index in [4.69, 9.17) is 0 Å². The van der Waals surface area contributed by atoms with Crippen molar-refractivity contribution in [2.45, 2.75) is 6.61 Å². The summed E-state index contributed by atoms with van der Waals surface area (Å²) >= 11 is 1.71. The third-order valence-electron chi connectivity index (χ3n) is 3.86. The van der Waals surface area contributed by atoms with E-state index in [1.54, 1.807) is 23.5 Å². The van der Waals surface area contributed by atoms with Crippen molar-refractivity contribution < 1.29 is 10.0 Å². The van der Waals surface area contributed by atoms with Gasteiger partial charge in [-0.05, 0) is 35.2 Å². The zero-order valence-corrected chi connectivity index (χ0v) is 12.8. The summed E-state index contributed by atoms with van der Waals surface area (Å²) in [4.78, 5) is 15.2. The number of rotatable bonds is 4. The summed E-state index contributed by atoms with van der Waals surface area (Å²) in [5.74, 6) is 0. The summed E-state index contributed by atoms with van der Waals surface area (Å²) in [6.07, 6.45) is 0. The van der Waals surface area contributed by atoms with Crippen LogP contribution in [-0.2, 0) is 6.61 Å². The standard InChI is InChI=1S/C15H17N3O3S/c19-11-12-3-4-13(18(20)21)14(10-12)16-5-7-17(8-6-16)15-2-1-9-22-15/h1-4,9-10,19H,5-8,11H2. The summed E-state index contributed by atoms with van der Waals surface area (Å²) in [5.41, 5.74) is 1.39. The molecule has 0 radical (unpaired) electrons. The van der Waals surface area contributed by atoms with Crippen molar-refractivity contribution in [1.29, 1.82) is 0 Å². The van der Waals surface area contributed by atoms with Crippen LogP contribution in [0.1, 0.15) is 5.56 Å². The Morgan fingerprint density at radius 3 is 2.50 bits per heavy atom. The second-order valence-electron chi connectivity index (χ2n) is 5.16. The van der Waals surface area contributed by atoms with Crippen LogP contribution in [0.2, 0.25) is 0 Å². The predicted molar refractivity (Wildman–Crippen MR) is 87.8 cm³/mol. The Hall–Kier alpha value is -2.12. The number of thiophene rings is 1. The van der Waals surface area contributed by atoms with Gasteiger partial charge in [-0.15, -0.1) is 11.3 Å². The van der Waals surface area contributed by atoms with Gasteiger partial charge in [0.2, 0.25) is 0 Å². The Bertz CT molecular complexity index is 652. The molecule has 7 heteroatoms. The number of hydrogen-bond acceptors (Lipinski definition) is 6. The van der Waals surface area contributed by atoms with Crippen LogP contribution >= 0.6 is 11.3 Å². The molecule has 1 N–H and O–H groups in total. The number of anilines is 2. The highest BCUT2D eigenvalue weighted by Crippen LogP contribution is 2.31. The predicted octanol–water partition coefficient (Wildman–Crippen LogP) is 2.48. The van der Waals surface area contributed by atoms with Gasteiger partial charge in [-0.1, -0.05) is 0 Å². The molecule has 1 saturated heterocycles. The molecule has 0 unspecified atom stereocenters. The van der Waals surface area contributed by atoms with Crippen LogP contribution in [-0.4, -0.2) is 36.2 Å². The van der Waals surface area contributed by atoms with Gasteiger partial charge in [0.15, 0.2) is 0 Å². The van der Waals surface area contributed by atoms with Crippen LogP contribution in [0.5, 0.6) is 0 Å². The smallest absolute Gasteiger partial charge is 0.292 e. The van der Waals surface area contributed by atoms with Crippen molar-refractivity contribution in [2.24, 2.45) is 0 Å². The maximum Gasteiger partial charge on any atom is 0.292 e. The lowest BCUT2D eigenvalue weighted by atomic mass is 10.1. The summed E-state index contributed by atoms with van der Waals surface area (Å²) in [5, 5.41) is 23.8. The second kappa shape index (κ2) is 6.33. The lowest BCUT2D eigenvalue weighted by molar-refractivity contribution is -0.384. The molecule has 0 amide bonds. The molecule has 3 rings (SSSR count). The molecular formula is C15H17N3O3S. The minimum absolute atomic E-state index is 0.0989. The number of aliphatic hydroxyl groups is 1. The van der Waals surface area contributed by atoms with Gasteiger partial charge in [0.05, 0.1) is 16.5 Å². The number of nitro groups is 1. The molecule has 1 aromatic carbocycles. The fraction of sp³-hybridized carbons (Fsp3) is 0.333. The molecule has 1 aliphatic heterocycles. The van der Waals surface area contributed by atoms with E-state index in [0.29, 0.717) is 11.3 Å². The first-order valence-electron chi connectivity index (χ1n) is 7.10. The van der Waals surface area contributed by atoms with E-state index in [0.717, 1.165) is 26.2 Å². The first-order valence-corrected chi connectivity index (χ1v) is 7.98. The van der Waals surface area contributed by atoms with Crippen molar-refractivity contribution in [2.75, 3.05) is 36.0 Å². The Morgan fingerprint density at radius 1 is 1.18 bits per heavy atom. The Kier molecular flexibility index (Phi) is 4.26. The number of piperazine rings is 1. The minimum Gasteiger partial charge on any atom is -0.392 e. The summed E-state index contributed by atoms with van der Waals surface area (Å²) in [7, 11) is 0. The summed E-state index contributed by atoms with van der Waals surface area (Å²) < 4.78 is 0. The second-order valence-corrected chi connectivity index (χ2v) is 6.09. The fourth-order valence-electron chi connectivity index (χ4n) is 2.69. The van der Waals surface area contributed by atoms with Gasteiger partial charge in [0, 0.05) is 32.2 Å². The normalized spacial score (nSPS) is 15.1. The Labute approximate surface area is 132 Å². The van der Waals surface area contributed by atoms with Gasteiger partial charge in [-0.3, -0.25) is 10.1 Å². The SMILES string of the molecule is O=[N+]([O-])c1ccc(CO)cc1N1CCN(c2cccs2)CC1. The zero-order valence-electron chi connectivity index (χ0n) is 12.0. The van der Waals surface area contributed by atoms with E-state index in [1.165, 1.54) is 11.1 Å². The van der Waals surface area contributed by atoms with Crippen molar-refractivity contribution in [3.8, 4) is 0 Å². The number of nitro benzene ring substituents is 1. The first-order chi connectivity index (χ1) is 10.7. The molecule has 0 bridgehead atoms. The molecule has 1 aliphatic rings. The van der Waals surface area contributed by atoms with Crippen LogP contribution in [0, 0.1) is 10.1 Å². The van der Waals surface area contributed by atoms with Crippen molar-refractivity contribution in [1.82, 2.24) is 0 Å². The lowest BCUT2D eigenvalue weighted by Gasteiger charge is -2.36. The van der Waals surface area contributed by atoms with E-state index in [9.17, 15) is 15.2 Å². The number of aliphatic hydroxyl groups excluding tert-OH is 1. The topological polar surface area (TPSA) is 69.8 Å². The van der Waals surface area contributed by atoms with Crippen molar-refractivity contribution in [3.63, 3.8) is 0 Å². The highest BCUT2D eigenvalue weighted by Gasteiger charge is 2.24. The van der Waals surface area contributed by atoms with E-state index < -0.39 is 0 Å². The van der Waals surface area contributed by atoms with Gasteiger partial charge in [0.25, 0.3) is 5.69 Å². The number of hydrogen-bond donors (Lipinski definition) is 1. The molecule has 6 nitrogen and oxygen atoms in total. The van der Waals surface area contributed by atoms with Crippen LogP contribution in [0.25, 0.3) is 0 Å². The molecule has 2 aromatic rings. The maximum absolute atomic E-state index is 11.2. The first kappa shape index (κ1) is 14.8. The quantitative estimate of drug-likeness (QED) is 0.692.